The molecule has 12 heteroatoms. The monoisotopic (exact) mass is 476 g/mol. The van der Waals surface area contributed by atoms with Crippen LogP contribution in [0.25, 0.3) is 22.0 Å². The highest BCUT2D eigenvalue weighted by atomic mass is 19.4. The Labute approximate surface area is 187 Å². The molecule has 0 saturated carbocycles. The number of carbonyl (C=O) groups excluding carboxylic acids is 1. The number of ether oxygens (including phenoxy) is 2. The summed E-state index contributed by atoms with van der Waals surface area (Å²) < 4.78 is 74.0. The Bertz CT molecular complexity index is 1420. The molecule has 0 bridgehead atoms. The highest BCUT2D eigenvalue weighted by molar-refractivity contribution is 6.10. The molecule has 34 heavy (non-hydrogen) atoms. The average molecular weight is 476 g/mol. The molecular formula is C22H13F5N4O3. The lowest BCUT2D eigenvalue weighted by atomic mass is 10.0. The number of pyridine rings is 1. The molecule has 5 rings (SSSR count). The van der Waals surface area contributed by atoms with Crippen molar-refractivity contribution in [2.24, 2.45) is 0 Å². The third kappa shape index (κ3) is 4.21. The highest BCUT2D eigenvalue weighted by Crippen LogP contribution is 2.41. The van der Waals surface area contributed by atoms with Crippen LogP contribution in [0.5, 0.6) is 11.5 Å². The molecule has 1 aliphatic rings. The van der Waals surface area contributed by atoms with E-state index in [0.29, 0.717) is 27.7 Å². The van der Waals surface area contributed by atoms with Crippen molar-refractivity contribution in [3.63, 3.8) is 0 Å². The molecule has 0 spiro atoms. The normalized spacial score (nSPS) is 14.4. The number of amides is 1. The van der Waals surface area contributed by atoms with E-state index in [4.69, 9.17) is 0 Å². The second-order valence-electron chi connectivity index (χ2n) is 7.39. The number of aromatic nitrogens is 3. The first-order chi connectivity index (χ1) is 16.1. The van der Waals surface area contributed by atoms with Gasteiger partial charge in [0.25, 0.3) is 5.91 Å². The van der Waals surface area contributed by atoms with Crippen molar-refractivity contribution in [3.8, 4) is 22.6 Å². The second-order valence-corrected chi connectivity index (χ2v) is 7.39. The van der Waals surface area contributed by atoms with E-state index in [2.05, 4.69) is 24.9 Å². The average Bonchev–Trinajstić information content (AvgIpc) is 3.33. The van der Waals surface area contributed by atoms with Crippen LogP contribution in [0, 0.1) is 0 Å². The van der Waals surface area contributed by atoms with Gasteiger partial charge in [-0.2, -0.15) is 18.3 Å². The quantitative estimate of drug-likeness (QED) is 0.408. The fourth-order valence-corrected chi connectivity index (χ4v) is 3.59. The minimum Gasteiger partial charge on any atom is -0.395 e. The molecule has 174 valence electrons. The first-order valence-electron chi connectivity index (χ1n) is 9.76. The first-order valence-corrected chi connectivity index (χ1v) is 9.76. The Morgan fingerprint density at radius 1 is 1.09 bits per heavy atom. The van der Waals surface area contributed by atoms with Crippen LogP contribution >= 0.6 is 0 Å². The molecular weight excluding hydrogens is 463 g/mol. The summed E-state index contributed by atoms with van der Waals surface area (Å²) in [6.45, 7) is -1.22. The molecule has 1 aliphatic heterocycles. The van der Waals surface area contributed by atoms with E-state index in [-0.39, 0.29) is 17.1 Å². The molecule has 0 radical (unpaired) electrons. The van der Waals surface area contributed by atoms with Crippen molar-refractivity contribution in [1.82, 2.24) is 14.8 Å². The van der Waals surface area contributed by atoms with Crippen molar-refractivity contribution in [2.45, 2.75) is 19.0 Å². The zero-order chi connectivity index (χ0) is 24.1. The fraction of sp³-hybridized carbons (Fsp3) is 0.136. The number of nitrogens with zero attached hydrogens (tertiary/aromatic N) is 3. The number of benzene rings is 2. The number of carbonyl (C=O) groups is 1. The number of fused-ring (bicyclic) bond motifs is 2. The fourth-order valence-electron chi connectivity index (χ4n) is 3.59. The number of rotatable bonds is 4. The molecule has 4 aromatic rings. The zero-order valence-electron chi connectivity index (χ0n) is 16.9. The summed E-state index contributed by atoms with van der Waals surface area (Å²) in [5, 5.41) is 7.01. The minimum absolute atomic E-state index is 0.0432. The molecule has 2 aromatic carbocycles. The molecule has 0 atom stereocenters. The summed E-state index contributed by atoms with van der Waals surface area (Å²) in [6, 6.07) is 10.2. The summed E-state index contributed by atoms with van der Waals surface area (Å²) in [5.74, 6) is -1.07. The molecule has 1 N–H and O–H groups in total. The third-order valence-corrected chi connectivity index (χ3v) is 4.97. The predicted molar refractivity (Wildman–Crippen MR) is 110 cm³/mol. The maximum absolute atomic E-state index is 13.2. The number of hydrogen-bond donors (Lipinski definition) is 1. The SMILES string of the molecule is O=C(Nc1cccc2c(-c3cnn(CC(F)(F)F)c3)ccnc12)c1ccc2c(c1)OC(F)(F)O2. The Hall–Kier alpha value is -4.22. The van der Waals surface area contributed by atoms with Crippen molar-refractivity contribution < 1.29 is 36.2 Å². The third-order valence-electron chi connectivity index (χ3n) is 4.97. The maximum Gasteiger partial charge on any atom is 0.586 e. The Morgan fingerprint density at radius 2 is 1.88 bits per heavy atom. The Kier molecular flexibility index (Phi) is 4.88. The highest BCUT2D eigenvalue weighted by Gasteiger charge is 2.43. The Balaban J connectivity index is 1.44. The van der Waals surface area contributed by atoms with Crippen molar-refractivity contribution in [2.75, 3.05) is 5.32 Å². The van der Waals surface area contributed by atoms with Crippen LogP contribution in [-0.4, -0.2) is 33.1 Å². The number of halogens is 5. The maximum atomic E-state index is 13.2. The second kappa shape index (κ2) is 7.68. The van der Waals surface area contributed by atoms with Crippen molar-refractivity contribution in [3.05, 3.63) is 66.6 Å². The Morgan fingerprint density at radius 3 is 2.68 bits per heavy atom. The van der Waals surface area contributed by atoms with E-state index in [9.17, 15) is 26.7 Å². The molecule has 1 amide bonds. The summed E-state index contributed by atoms with van der Waals surface area (Å²) in [6.07, 6.45) is -4.17. The lowest BCUT2D eigenvalue weighted by Gasteiger charge is -2.11. The molecule has 3 heterocycles. The van der Waals surface area contributed by atoms with Crippen LogP contribution in [0.1, 0.15) is 10.4 Å². The first kappa shape index (κ1) is 21.6. The largest absolute Gasteiger partial charge is 0.586 e. The van der Waals surface area contributed by atoms with Crippen molar-refractivity contribution >= 4 is 22.5 Å². The van der Waals surface area contributed by atoms with Crippen LogP contribution in [0.4, 0.5) is 27.6 Å². The summed E-state index contributed by atoms with van der Waals surface area (Å²) in [5.41, 5.74) is 1.75. The van der Waals surface area contributed by atoms with E-state index in [1.807, 2.05) is 0 Å². The molecule has 0 fully saturated rings. The summed E-state index contributed by atoms with van der Waals surface area (Å²) >= 11 is 0. The predicted octanol–water partition coefficient (Wildman–Crippen LogP) is 5.23. The minimum atomic E-state index is -4.41. The summed E-state index contributed by atoms with van der Waals surface area (Å²) in [4.78, 5) is 17.1. The van der Waals surface area contributed by atoms with Gasteiger partial charge in [0.05, 0.1) is 17.4 Å². The number of nitrogens with one attached hydrogen (secondary N) is 1. The standard InChI is InChI=1S/C22H13F5N4O3/c23-21(24,25)11-31-10-13(9-29-31)14-6-7-28-19-15(14)2-1-3-16(19)30-20(32)12-4-5-17-18(8-12)34-22(26,27)33-17/h1-10H,11H2,(H,30,32). The lowest BCUT2D eigenvalue weighted by Crippen LogP contribution is -2.25. The van der Waals surface area contributed by atoms with Crippen LogP contribution in [0.15, 0.2) is 61.1 Å². The van der Waals surface area contributed by atoms with Gasteiger partial charge >= 0.3 is 12.5 Å². The van der Waals surface area contributed by atoms with E-state index in [1.54, 1.807) is 24.3 Å². The topological polar surface area (TPSA) is 78.3 Å². The van der Waals surface area contributed by atoms with Gasteiger partial charge in [-0.05, 0) is 35.9 Å². The van der Waals surface area contributed by atoms with Gasteiger partial charge in [0.15, 0.2) is 11.5 Å². The van der Waals surface area contributed by atoms with Gasteiger partial charge in [0.2, 0.25) is 0 Å². The lowest BCUT2D eigenvalue weighted by molar-refractivity contribution is -0.286. The summed E-state index contributed by atoms with van der Waals surface area (Å²) in [7, 11) is 0. The van der Waals surface area contributed by atoms with Crippen LogP contribution in [-0.2, 0) is 6.54 Å². The number of alkyl halides is 5. The molecule has 2 aromatic heterocycles. The van der Waals surface area contributed by atoms with Gasteiger partial charge in [-0.3, -0.25) is 14.5 Å². The van der Waals surface area contributed by atoms with Crippen LogP contribution < -0.4 is 14.8 Å². The molecule has 0 unspecified atom stereocenters. The number of anilines is 1. The van der Waals surface area contributed by atoms with Crippen molar-refractivity contribution in [1.29, 1.82) is 0 Å². The van der Waals surface area contributed by atoms with Gasteiger partial charge in [-0.25, -0.2) is 0 Å². The van der Waals surface area contributed by atoms with Crippen LogP contribution in [0.3, 0.4) is 0 Å². The van der Waals surface area contributed by atoms with Gasteiger partial charge in [-0.15, -0.1) is 8.78 Å². The van der Waals surface area contributed by atoms with Gasteiger partial charge in [-0.1, -0.05) is 12.1 Å². The smallest absolute Gasteiger partial charge is 0.395 e. The van der Waals surface area contributed by atoms with E-state index >= 15 is 0 Å². The molecule has 7 nitrogen and oxygen atoms in total. The van der Waals surface area contributed by atoms with E-state index in [0.717, 1.165) is 10.7 Å². The molecule has 0 aliphatic carbocycles. The van der Waals surface area contributed by atoms with Crippen LogP contribution in [0.2, 0.25) is 0 Å². The van der Waals surface area contributed by atoms with E-state index in [1.165, 1.54) is 30.7 Å². The van der Waals surface area contributed by atoms with E-state index < -0.39 is 24.9 Å². The molecule has 0 saturated heterocycles. The number of para-hydroxylation sites is 1. The zero-order valence-corrected chi connectivity index (χ0v) is 16.9. The van der Waals surface area contributed by atoms with Gasteiger partial charge in [0.1, 0.15) is 6.54 Å². The number of hydrogen-bond acceptors (Lipinski definition) is 5. The van der Waals surface area contributed by atoms with Gasteiger partial charge < -0.3 is 14.8 Å². The van der Waals surface area contributed by atoms with Gasteiger partial charge in [0, 0.05) is 28.9 Å².